The van der Waals surface area contributed by atoms with E-state index in [1.807, 2.05) is 54.9 Å². The molecule has 0 unspecified atom stereocenters. The highest BCUT2D eigenvalue weighted by Gasteiger charge is 2.09. The first-order valence-electron chi connectivity index (χ1n) is 10.1. The Kier molecular flexibility index (Phi) is 4.74. The minimum Gasteiger partial charge on any atom is -0.364 e. The Morgan fingerprint density at radius 1 is 0.871 bits per heavy atom. The Balaban J connectivity index is 1.41. The van der Waals surface area contributed by atoms with Crippen molar-refractivity contribution in [2.45, 2.75) is 13.5 Å². The molecule has 0 saturated heterocycles. The van der Waals surface area contributed by atoms with Crippen LogP contribution in [0.1, 0.15) is 16.8 Å². The summed E-state index contributed by atoms with van der Waals surface area (Å²) in [5.41, 5.74) is 6.79. The van der Waals surface area contributed by atoms with Crippen molar-refractivity contribution in [3.63, 3.8) is 0 Å². The Bertz CT molecular complexity index is 1470. The maximum atomic E-state index is 9.05. The van der Waals surface area contributed by atoms with E-state index in [0.717, 1.165) is 50.0 Å². The number of anilines is 1. The Morgan fingerprint density at radius 2 is 1.74 bits per heavy atom. The molecule has 0 amide bonds. The topological polar surface area (TPSA) is 74.5 Å². The molecule has 0 spiro atoms. The summed E-state index contributed by atoms with van der Waals surface area (Å²) in [6, 6.07) is 24.1. The number of nitrogens with zero attached hydrogens (tertiary/aromatic N) is 4. The maximum Gasteiger partial charge on any atom is 0.129 e. The van der Waals surface area contributed by atoms with Gasteiger partial charge in [0, 0.05) is 23.2 Å². The van der Waals surface area contributed by atoms with E-state index in [9.17, 15) is 0 Å². The van der Waals surface area contributed by atoms with Crippen molar-refractivity contribution >= 4 is 27.6 Å². The third kappa shape index (κ3) is 3.67. The van der Waals surface area contributed by atoms with Crippen molar-refractivity contribution in [3.8, 4) is 17.2 Å². The highest BCUT2D eigenvalue weighted by Crippen LogP contribution is 2.29. The number of hydrogen-bond acceptors (Lipinski definition) is 5. The van der Waals surface area contributed by atoms with E-state index in [1.165, 1.54) is 0 Å². The molecule has 3 aromatic heterocycles. The van der Waals surface area contributed by atoms with Gasteiger partial charge in [-0.3, -0.25) is 9.97 Å². The SMILES string of the molecule is Cc1c(-c2ccc3ncccc3c2)ccnc1NCc1ccc2cc(C#N)ccc2n1. The van der Waals surface area contributed by atoms with Gasteiger partial charge in [0.2, 0.25) is 0 Å². The number of rotatable bonds is 4. The molecule has 1 N–H and O–H groups in total. The zero-order valence-electron chi connectivity index (χ0n) is 17.0. The van der Waals surface area contributed by atoms with Crippen molar-refractivity contribution < 1.29 is 0 Å². The second kappa shape index (κ2) is 7.85. The predicted octanol–water partition coefficient (Wildman–Crippen LogP) is 5.64. The van der Waals surface area contributed by atoms with Crippen LogP contribution in [-0.2, 0) is 6.54 Å². The molecule has 0 fully saturated rings. The van der Waals surface area contributed by atoms with E-state index in [-0.39, 0.29) is 0 Å². The molecular weight excluding hydrogens is 382 g/mol. The van der Waals surface area contributed by atoms with Crippen molar-refractivity contribution in [1.82, 2.24) is 15.0 Å². The van der Waals surface area contributed by atoms with Crippen molar-refractivity contribution in [2.24, 2.45) is 0 Å². The van der Waals surface area contributed by atoms with Crippen molar-refractivity contribution in [3.05, 3.63) is 95.9 Å². The summed E-state index contributed by atoms with van der Waals surface area (Å²) < 4.78 is 0. The average molecular weight is 401 g/mol. The summed E-state index contributed by atoms with van der Waals surface area (Å²) >= 11 is 0. The zero-order chi connectivity index (χ0) is 21.2. The van der Waals surface area contributed by atoms with Crippen LogP contribution in [0.4, 0.5) is 5.82 Å². The largest absolute Gasteiger partial charge is 0.364 e. The predicted molar refractivity (Wildman–Crippen MR) is 123 cm³/mol. The lowest BCUT2D eigenvalue weighted by Gasteiger charge is -2.13. The molecule has 0 aliphatic rings. The number of aromatic nitrogens is 3. The molecule has 5 heteroatoms. The van der Waals surface area contributed by atoms with Gasteiger partial charge in [-0.15, -0.1) is 0 Å². The van der Waals surface area contributed by atoms with Crippen LogP contribution in [0.25, 0.3) is 32.9 Å². The molecular formula is C26H19N5. The van der Waals surface area contributed by atoms with Crippen molar-refractivity contribution in [1.29, 1.82) is 5.26 Å². The minimum atomic E-state index is 0.564. The molecule has 0 saturated carbocycles. The Labute approximate surface area is 180 Å². The van der Waals surface area contributed by atoms with Gasteiger partial charge in [-0.25, -0.2) is 4.98 Å². The zero-order valence-corrected chi connectivity index (χ0v) is 17.0. The highest BCUT2D eigenvalue weighted by molar-refractivity contribution is 5.85. The second-order valence-electron chi connectivity index (χ2n) is 7.42. The van der Waals surface area contributed by atoms with Gasteiger partial charge in [0.1, 0.15) is 5.82 Å². The molecule has 0 aliphatic heterocycles. The number of nitriles is 1. The smallest absolute Gasteiger partial charge is 0.129 e. The summed E-state index contributed by atoms with van der Waals surface area (Å²) in [5, 5.41) is 14.6. The third-order valence-corrected chi connectivity index (χ3v) is 5.43. The van der Waals surface area contributed by atoms with Crippen LogP contribution >= 0.6 is 0 Å². The Hall–Kier alpha value is -4.30. The molecule has 0 aliphatic carbocycles. The highest BCUT2D eigenvalue weighted by atomic mass is 15.0. The minimum absolute atomic E-state index is 0.564. The summed E-state index contributed by atoms with van der Waals surface area (Å²) in [5.74, 6) is 0.838. The van der Waals surface area contributed by atoms with E-state index >= 15 is 0 Å². The van der Waals surface area contributed by atoms with E-state index in [1.54, 1.807) is 6.07 Å². The molecule has 0 bridgehead atoms. The summed E-state index contributed by atoms with van der Waals surface area (Å²) in [6.07, 6.45) is 3.64. The molecule has 5 nitrogen and oxygen atoms in total. The first kappa shape index (κ1) is 18.7. The van der Waals surface area contributed by atoms with Crippen LogP contribution in [-0.4, -0.2) is 15.0 Å². The molecule has 3 heterocycles. The van der Waals surface area contributed by atoms with E-state index in [0.29, 0.717) is 12.1 Å². The average Bonchev–Trinajstić information content (AvgIpc) is 2.82. The van der Waals surface area contributed by atoms with Crippen LogP contribution in [0.5, 0.6) is 0 Å². The molecule has 0 atom stereocenters. The first-order valence-corrected chi connectivity index (χ1v) is 10.1. The molecule has 0 radical (unpaired) electrons. The van der Waals surface area contributed by atoms with Crippen molar-refractivity contribution in [2.75, 3.05) is 5.32 Å². The fraction of sp³-hybridized carbons (Fsp3) is 0.0769. The molecule has 5 aromatic rings. The summed E-state index contributed by atoms with van der Waals surface area (Å²) in [7, 11) is 0. The Morgan fingerprint density at radius 3 is 2.65 bits per heavy atom. The summed E-state index contributed by atoms with van der Waals surface area (Å²) in [6.45, 7) is 2.64. The van der Waals surface area contributed by atoms with Crippen LogP contribution in [0.3, 0.4) is 0 Å². The van der Waals surface area contributed by atoms with E-state index in [4.69, 9.17) is 10.2 Å². The van der Waals surface area contributed by atoms with E-state index in [2.05, 4.69) is 46.5 Å². The molecule has 5 rings (SSSR count). The number of nitrogens with one attached hydrogen (secondary N) is 1. The van der Waals surface area contributed by atoms with Gasteiger partial charge in [-0.1, -0.05) is 18.2 Å². The van der Waals surface area contributed by atoms with Gasteiger partial charge in [-0.2, -0.15) is 5.26 Å². The van der Waals surface area contributed by atoms with Gasteiger partial charge in [0.05, 0.1) is 34.9 Å². The fourth-order valence-electron chi connectivity index (χ4n) is 3.78. The number of hydrogen-bond donors (Lipinski definition) is 1. The van der Waals surface area contributed by atoms with Gasteiger partial charge < -0.3 is 5.32 Å². The molecule has 31 heavy (non-hydrogen) atoms. The van der Waals surface area contributed by atoms with Crippen LogP contribution in [0, 0.1) is 18.3 Å². The number of fused-ring (bicyclic) bond motifs is 2. The van der Waals surface area contributed by atoms with Gasteiger partial charge in [-0.05, 0) is 72.1 Å². The van der Waals surface area contributed by atoms with Gasteiger partial charge >= 0.3 is 0 Å². The quantitative estimate of drug-likeness (QED) is 0.422. The lowest BCUT2D eigenvalue weighted by Crippen LogP contribution is -2.05. The first-order chi connectivity index (χ1) is 15.2. The van der Waals surface area contributed by atoms with Gasteiger partial charge in [0.15, 0.2) is 0 Å². The monoisotopic (exact) mass is 401 g/mol. The number of pyridine rings is 3. The third-order valence-electron chi connectivity index (χ3n) is 5.43. The second-order valence-corrected chi connectivity index (χ2v) is 7.42. The fourth-order valence-corrected chi connectivity index (χ4v) is 3.78. The number of benzene rings is 2. The maximum absolute atomic E-state index is 9.05. The van der Waals surface area contributed by atoms with Gasteiger partial charge in [0.25, 0.3) is 0 Å². The molecule has 2 aromatic carbocycles. The van der Waals surface area contributed by atoms with Crippen LogP contribution < -0.4 is 5.32 Å². The summed E-state index contributed by atoms with van der Waals surface area (Å²) in [4.78, 5) is 13.6. The van der Waals surface area contributed by atoms with Crippen LogP contribution in [0.15, 0.2) is 79.1 Å². The lowest BCUT2D eigenvalue weighted by atomic mass is 10.00. The normalized spacial score (nSPS) is 10.8. The lowest BCUT2D eigenvalue weighted by molar-refractivity contribution is 1.04. The molecule has 148 valence electrons. The standard InChI is InChI=1S/C26H19N5/c1-17-23(19-6-9-24-20(14-19)3-2-11-28-24)10-12-29-26(17)30-16-22-7-5-21-13-18(15-27)4-8-25(21)31-22/h2-14H,16H2,1H3,(H,29,30). The van der Waals surface area contributed by atoms with E-state index < -0.39 is 0 Å². The van der Waals surface area contributed by atoms with Crippen LogP contribution in [0.2, 0.25) is 0 Å².